The molecule has 0 atom stereocenters. The second-order valence-electron chi connectivity index (χ2n) is 7.56. The van der Waals surface area contributed by atoms with E-state index in [4.69, 9.17) is 9.97 Å². The minimum absolute atomic E-state index is 0.00708. The zero-order valence-electron chi connectivity index (χ0n) is 15.3. The predicted octanol–water partition coefficient (Wildman–Crippen LogP) is 4.47. The van der Waals surface area contributed by atoms with E-state index < -0.39 is 0 Å². The summed E-state index contributed by atoms with van der Waals surface area (Å²) in [6, 6.07) is 10.5. The first-order chi connectivity index (χ1) is 11.5. The van der Waals surface area contributed by atoms with Crippen LogP contribution in [0.4, 0.5) is 11.5 Å². The number of hydrogen-bond donors (Lipinski definition) is 1. The van der Waals surface area contributed by atoms with Gasteiger partial charge in [0.1, 0.15) is 5.82 Å². The molecule has 1 N–H and O–H groups in total. The van der Waals surface area contributed by atoms with Gasteiger partial charge in [0.2, 0.25) is 0 Å². The standard InChI is InChI=1S/C20H28N4/c1-20(2,3)17-14-18(24-12-6-5-7-13-24)23-19(22-17)15-8-10-16(21-4)11-9-15/h8-11,14,21H,5-7,12-13H2,1-4H3. The summed E-state index contributed by atoms with van der Waals surface area (Å²) in [6.07, 6.45) is 3.83. The molecule has 0 radical (unpaired) electrons. The fourth-order valence-corrected chi connectivity index (χ4v) is 3.02. The second-order valence-corrected chi connectivity index (χ2v) is 7.56. The Morgan fingerprint density at radius 2 is 1.62 bits per heavy atom. The third-order valence-corrected chi connectivity index (χ3v) is 4.59. The molecule has 0 unspecified atom stereocenters. The number of benzene rings is 1. The van der Waals surface area contributed by atoms with Crippen LogP contribution < -0.4 is 10.2 Å². The summed E-state index contributed by atoms with van der Waals surface area (Å²) >= 11 is 0. The van der Waals surface area contributed by atoms with Gasteiger partial charge in [-0.15, -0.1) is 0 Å². The van der Waals surface area contributed by atoms with Gasteiger partial charge in [0.05, 0.1) is 5.69 Å². The molecule has 4 heteroatoms. The van der Waals surface area contributed by atoms with E-state index in [-0.39, 0.29) is 5.41 Å². The van der Waals surface area contributed by atoms with E-state index in [1.807, 2.05) is 7.05 Å². The van der Waals surface area contributed by atoms with Crippen LogP contribution in [-0.4, -0.2) is 30.1 Å². The SMILES string of the molecule is CNc1ccc(-c2nc(N3CCCCC3)cc(C(C)(C)C)n2)cc1. The maximum Gasteiger partial charge on any atom is 0.161 e. The number of nitrogens with zero attached hydrogens (tertiary/aromatic N) is 3. The lowest BCUT2D eigenvalue weighted by Gasteiger charge is -2.29. The highest BCUT2D eigenvalue weighted by Crippen LogP contribution is 2.29. The van der Waals surface area contributed by atoms with E-state index in [1.54, 1.807) is 0 Å². The van der Waals surface area contributed by atoms with Crippen molar-refractivity contribution in [1.82, 2.24) is 9.97 Å². The first kappa shape index (κ1) is 16.7. The Hall–Kier alpha value is -2.10. The molecule has 0 saturated carbocycles. The molecule has 24 heavy (non-hydrogen) atoms. The Balaban J connectivity index is 2.03. The summed E-state index contributed by atoms with van der Waals surface area (Å²) in [5.74, 6) is 1.90. The maximum absolute atomic E-state index is 4.89. The van der Waals surface area contributed by atoms with Gasteiger partial charge < -0.3 is 10.2 Å². The molecule has 1 aliphatic rings. The molecule has 2 aromatic rings. The van der Waals surface area contributed by atoms with E-state index >= 15 is 0 Å². The van der Waals surface area contributed by atoms with Gasteiger partial charge >= 0.3 is 0 Å². The topological polar surface area (TPSA) is 41.1 Å². The first-order valence-electron chi connectivity index (χ1n) is 8.90. The van der Waals surface area contributed by atoms with Crippen molar-refractivity contribution in [3.63, 3.8) is 0 Å². The third kappa shape index (κ3) is 3.69. The van der Waals surface area contributed by atoms with Crippen LogP contribution in [0, 0.1) is 0 Å². The highest BCUT2D eigenvalue weighted by molar-refractivity contribution is 5.62. The molecular formula is C20H28N4. The average Bonchev–Trinajstić information content (AvgIpc) is 2.61. The summed E-state index contributed by atoms with van der Waals surface area (Å²) in [5, 5.41) is 3.16. The van der Waals surface area contributed by atoms with E-state index in [0.29, 0.717) is 0 Å². The number of hydrogen-bond acceptors (Lipinski definition) is 4. The normalized spacial score (nSPS) is 15.4. The summed E-state index contributed by atoms with van der Waals surface area (Å²) in [7, 11) is 1.93. The molecule has 0 spiro atoms. The number of nitrogens with one attached hydrogen (secondary N) is 1. The van der Waals surface area contributed by atoms with Crippen LogP contribution in [-0.2, 0) is 5.41 Å². The van der Waals surface area contributed by atoms with Gasteiger partial charge in [-0.2, -0.15) is 0 Å². The van der Waals surface area contributed by atoms with Crippen molar-refractivity contribution in [2.24, 2.45) is 0 Å². The number of rotatable bonds is 3. The van der Waals surface area contributed by atoms with Crippen LogP contribution >= 0.6 is 0 Å². The maximum atomic E-state index is 4.89. The molecule has 3 rings (SSSR count). The number of anilines is 2. The summed E-state index contributed by atoms with van der Waals surface area (Å²) in [6.45, 7) is 8.83. The van der Waals surface area contributed by atoms with E-state index in [1.165, 1.54) is 19.3 Å². The Bertz CT molecular complexity index is 680. The van der Waals surface area contributed by atoms with Crippen LogP contribution in [0.2, 0.25) is 0 Å². The van der Waals surface area contributed by atoms with Crippen LogP contribution in [0.1, 0.15) is 45.7 Å². The molecule has 0 aliphatic carbocycles. The Labute approximate surface area is 145 Å². The van der Waals surface area contributed by atoms with E-state index in [2.05, 4.69) is 61.3 Å². The summed E-state index contributed by atoms with van der Waals surface area (Å²) in [5.41, 5.74) is 3.28. The highest BCUT2D eigenvalue weighted by atomic mass is 15.2. The predicted molar refractivity (Wildman–Crippen MR) is 102 cm³/mol. The average molecular weight is 324 g/mol. The van der Waals surface area contributed by atoms with Crippen molar-refractivity contribution in [2.75, 3.05) is 30.4 Å². The molecule has 1 fully saturated rings. The van der Waals surface area contributed by atoms with Crippen LogP contribution in [0.3, 0.4) is 0 Å². The Morgan fingerprint density at radius 1 is 0.958 bits per heavy atom. The first-order valence-corrected chi connectivity index (χ1v) is 8.90. The zero-order chi connectivity index (χ0) is 17.2. The number of aromatic nitrogens is 2. The van der Waals surface area contributed by atoms with Crippen molar-refractivity contribution in [3.8, 4) is 11.4 Å². The fraction of sp³-hybridized carbons (Fsp3) is 0.500. The molecule has 0 amide bonds. The summed E-state index contributed by atoms with van der Waals surface area (Å²) in [4.78, 5) is 12.2. The zero-order valence-corrected chi connectivity index (χ0v) is 15.3. The smallest absolute Gasteiger partial charge is 0.161 e. The van der Waals surface area contributed by atoms with Crippen molar-refractivity contribution in [3.05, 3.63) is 36.0 Å². The van der Waals surface area contributed by atoms with Crippen LogP contribution in [0.5, 0.6) is 0 Å². The monoisotopic (exact) mass is 324 g/mol. The van der Waals surface area contributed by atoms with Crippen LogP contribution in [0.25, 0.3) is 11.4 Å². The van der Waals surface area contributed by atoms with Gasteiger partial charge in [0, 0.05) is 42.9 Å². The quantitative estimate of drug-likeness (QED) is 0.904. The lowest BCUT2D eigenvalue weighted by Crippen LogP contribution is -2.31. The highest BCUT2D eigenvalue weighted by Gasteiger charge is 2.21. The van der Waals surface area contributed by atoms with Gasteiger partial charge in [-0.25, -0.2) is 9.97 Å². The molecule has 2 heterocycles. The fourth-order valence-electron chi connectivity index (χ4n) is 3.02. The Morgan fingerprint density at radius 3 is 2.21 bits per heavy atom. The minimum atomic E-state index is 0.00708. The lowest BCUT2D eigenvalue weighted by molar-refractivity contribution is 0.557. The van der Waals surface area contributed by atoms with Gasteiger partial charge in [-0.1, -0.05) is 20.8 Å². The molecule has 1 aliphatic heterocycles. The van der Waals surface area contributed by atoms with Crippen molar-refractivity contribution < 1.29 is 0 Å². The number of piperidine rings is 1. The molecule has 1 aromatic carbocycles. The minimum Gasteiger partial charge on any atom is -0.388 e. The lowest BCUT2D eigenvalue weighted by atomic mass is 9.91. The molecular weight excluding hydrogens is 296 g/mol. The molecule has 1 saturated heterocycles. The van der Waals surface area contributed by atoms with E-state index in [0.717, 1.165) is 41.7 Å². The molecule has 128 valence electrons. The van der Waals surface area contributed by atoms with Gasteiger partial charge in [0.25, 0.3) is 0 Å². The van der Waals surface area contributed by atoms with E-state index in [9.17, 15) is 0 Å². The van der Waals surface area contributed by atoms with Gasteiger partial charge in [0.15, 0.2) is 5.82 Å². The third-order valence-electron chi connectivity index (χ3n) is 4.59. The second kappa shape index (κ2) is 6.80. The Kier molecular flexibility index (Phi) is 4.74. The molecule has 0 bridgehead atoms. The molecule has 1 aromatic heterocycles. The largest absolute Gasteiger partial charge is 0.388 e. The van der Waals surface area contributed by atoms with Crippen molar-refractivity contribution >= 4 is 11.5 Å². The van der Waals surface area contributed by atoms with Crippen molar-refractivity contribution in [1.29, 1.82) is 0 Å². The molecule has 4 nitrogen and oxygen atoms in total. The van der Waals surface area contributed by atoms with Gasteiger partial charge in [-0.05, 0) is 43.5 Å². The van der Waals surface area contributed by atoms with Crippen LogP contribution in [0.15, 0.2) is 30.3 Å². The summed E-state index contributed by atoms with van der Waals surface area (Å²) < 4.78 is 0. The van der Waals surface area contributed by atoms with Crippen molar-refractivity contribution in [2.45, 2.75) is 45.4 Å². The van der Waals surface area contributed by atoms with Gasteiger partial charge in [-0.3, -0.25) is 0 Å².